The van der Waals surface area contributed by atoms with E-state index in [-0.39, 0.29) is 5.91 Å². The molecule has 2 heterocycles. The van der Waals surface area contributed by atoms with Crippen LogP contribution >= 0.6 is 22.9 Å². The van der Waals surface area contributed by atoms with E-state index in [1.54, 1.807) is 12.1 Å². The minimum Gasteiger partial charge on any atom is -0.361 e. The number of nitrogens with one attached hydrogen (secondary N) is 1. The minimum atomic E-state index is -0.0985. The molecule has 6 heteroatoms. The molecule has 96 valence electrons. The van der Waals surface area contributed by atoms with E-state index in [1.165, 1.54) is 11.3 Å². The summed E-state index contributed by atoms with van der Waals surface area (Å²) in [5, 5.41) is 6.72. The van der Waals surface area contributed by atoms with Crippen molar-refractivity contribution in [3.8, 4) is 0 Å². The van der Waals surface area contributed by atoms with Gasteiger partial charge in [-0.05, 0) is 32.4 Å². The second kappa shape index (κ2) is 5.54. The standard InChI is InChI=1S/C12H13ClN2O2S/c1-7-9(8(2)17-15-7)5-6-14-12(16)10-3-4-11(13)18-10/h3-4H,5-6H2,1-2H3,(H,14,16). The Labute approximate surface area is 114 Å². The van der Waals surface area contributed by atoms with Crippen LogP contribution in [0.15, 0.2) is 16.7 Å². The lowest BCUT2D eigenvalue weighted by atomic mass is 10.1. The van der Waals surface area contributed by atoms with Gasteiger partial charge in [-0.25, -0.2) is 0 Å². The summed E-state index contributed by atoms with van der Waals surface area (Å²) in [5.74, 6) is 0.708. The summed E-state index contributed by atoms with van der Waals surface area (Å²) in [6.45, 7) is 4.32. The van der Waals surface area contributed by atoms with E-state index >= 15 is 0 Å². The molecule has 1 N–H and O–H groups in total. The van der Waals surface area contributed by atoms with Gasteiger partial charge in [0.1, 0.15) is 5.76 Å². The molecule has 2 aromatic rings. The predicted molar refractivity (Wildman–Crippen MR) is 71.3 cm³/mol. The Balaban J connectivity index is 1.88. The van der Waals surface area contributed by atoms with Crippen LogP contribution in [0.3, 0.4) is 0 Å². The Morgan fingerprint density at radius 1 is 1.50 bits per heavy atom. The molecule has 1 amide bonds. The number of aromatic nitrogens is 1. The quantitative estimate of drug-likeness (QED) is 0.939. The van der Waals surface area contributed by atoms with Gasteiger partial charge in [0.25, 0.3) is 5.91 Å². The SMILES string of the molecule is Cc1noc(C)c1CCNC(=O)c1ccc(Cl)s1. The third-order valence-corrected chi connectivity index (χ3v) is 3.87. The average molecular weight is 285 g/mol. The van der Waals surface area contributed by atoms with Crippen LogP contribution in [0.1, 0.15) is 26.7 Å². The first kappa shape index (κ1) is 13.1. The normalized spacial score (nSPS) is 10.6. The fourth-order valence-corrected chi connectivity index (χ4v) is 2.64. The monoisotopic (exact) mass is 284 g/mol. The number of hydrogen-bond donors (Lipinski definition) is 1. The molecule has 0 unspecified atom stereocenters. The highest BCUT2D eigenvalue weighted by Crippen LogP contribution is 2.21. The van der Waals surface area contributed by atoms with Crippen LogP contribution in [-0.2, 0) is 6.42 Å². The summed E-state index contributed by atoms with van der Waals surface area (Å²) in [6, 6.07) is 3.44. The fourth-order valence-electron chi connectivity index (χ4n) is 1.68. The highest BCUT2D eigenvalue weighted by molar-refractivity contribution is 7.17. The lowest BCUT2D eigenvalue weighted by molar-refractivity contribution is 0.0958. The highest BCUT2D eigenvalue weighted by atomic mass is 35.5. The number of nitrogens with zero attached hydrogens (tertiary/aromatic N) is 1. The lowest BCUT2D eigenvalue weighted by Gasteiger charge is -2.03. The van der Waals surface area contributed by atoms with Crippen molar-refractivity contribution in [3.05, 3.63) is 38.4 Å². The van der Waals surface area contributed by atoms with Crippen molar-refractivity contribution in [2.75, 3.05) is 6.54 Å². The van der Waals surface area contributed by atoms with E-state index in [4.69, 9.17) is 16.1 Å². The molecular weight excluding hydrogens is 272 g/mol. The van der Waals surface area contributed by atoms with E-state index in [1.807, 2.05) is 13.8 Å². The first-order chi connectivity index (χ1) is 8.58. The highest BCUT2D eigenvalue weighted by Gasteiger charge is 2.11. The first-order valence-electron chi connectivity index (χ1n) is 5.53. The van der Waals surface area contributed by atoms with E-state index in [0.717, 1.165) is 17.0 Å². The van der Waals surface area contributed by atoms with Crippen LogP contribution in [-0.4, -0.2) is 17.6 Å². The fraction of sp³-hybridized carbons (Fsp3) is 0.333. The van der Waals surface area contributed by atoms with Crippen molar-refractivity contribution in [3.63, 3.8) is 0 Å². The van der Waals surface area contributed by atoms with Gasteiger partial charge < -0.3 is 9.84 Å². The molecule has 0 bridgehead atoms. The molecule has 0 radical (unpaired) electrons. The summed E-state index contributed by atoms with van der Waals surface area (Å²) < 4.78 is 5.68. The summed E-state index contributed by atoms with van der Waals surface area (Å²) in [4.78, 5) is 12.4. The molecule has 0 saturated carbocycles. The van der Waals surface area contributed by atoms with Crippen LogP contribution in [0.4, 0.5) is 0 Å². The van der Waals surface area contributed by atoms with Crippen LogP contribution in [0.2, 0.25) is 4.34 Å². The molecule has 0 fully saturated rings. The summed E-state index contributed by atoms with van der Waals surface area (Å²) in [6.07, 6.45) is 0.714. The number of halogens is 1. The van der Waals surface area contributed by atoms with E-state index < -0.39 is 0 Å². The van der Waals surface area contributed by atoms with Gasteiger partial charge in [-0.15, -0.1) is 11.3 Å². The maximum absolute atomic E-state index is 11.8. The van der Waals surface area contributed by atoms with Gasteiger partial charge in [-0.2, -0.15) is 0 Å². The van der Waals surface area contributed by atoms with Crippen molar-refractivity contribution in [1.29, 1.82) is 0 Å². The minimum absolute atomic E-state index is 0.0985. The van der Waals surface area contributed by atoms with Gasteiger partial charge in [-0.3, -0.25) is 4.79 Å². The molecule has 18 heavy (non-hydrogen) atoms. The van der Waals surface area contributed by atoms with Gasteiger partial charge in [0.2, 0.25) is 0 Å². The number of rotatable bonds is 4. The number of thiophene rings is 1. The molecule has 0 saturated heterocycles. The second-order valence-corrected chi connectivity index (χ2v) is 5.63. The molecule has 0 aliphatic carbocycles. The molecule has 4 nitrogen and oxygen atoms in total. The van der Waals surface area contributed by atoms with Crippen LogP contribution in [0, 0.1) is 13.8 Å². The topological polar surface area (TPSA) is 55.1 Å². The number of amides is 1. The van der Waals surface area contributed by atoms with Crippen LogP contribution < -0.4 is 5.32 Å². The molecular formula is C12H13ClN2O2S. The summed E-state index contributed by atoms with van der Waals surface area (Å²) >= 11 is 7.05. The second-order valence-electron chi connectivity index (χ2n) is 3.91. The van der Waals surface area contributed by atoms with Gasteiger partial charge in [0.05, 0.1) is 14.9 Å². The Kier molecular flexibility index (Phi) is 4.04. The molecule has 0 aromatic carbocycles. The Morgan fingerprint density at radius 3 is 2.83 bits per heavy atom. The zero-order valence-corrected chi connectivity index (χ0v) is 11.7. The van der Waals surface area contributed by atoms with Gasteiger partial charge >= 0.3 is 0 Å². The number of carbonyl (C=O) groups excluding carboxylic acids is 1. The maximum atomic E-state index is 11.8. The lowest BCUT2D eigenvalue weighted by Crippen LogP contribution is -2.25. The van der Waals surface area contributed by atoms with Gasteiger partial charge in [-0.1, -0.05) is 16.8 Å². The Hall–Kier alpha value is -1.33. The van der Waals surface area contributed by atoms with Crippen molar-refractivity contribution < 1.29 is 9.32 Å². The van der Waals surface area contributed by atoms with Crippen molar-refractivity contribution >= 4 is 28.8 Å². The molecule has 0 spiro atoms. The summed E-state index contributed by atoms with van der Waals surface area (Å²) in [7, 11) is 0. The van der Waals surface area contributed by atoms with Crippen LogP contribution in [0.5, 0.6) is 0 Å². The molecule has 0 aliphatic rings. The largest absolute Gasteiger partial charge is 0.361 e. The smallest absolute Gasteiger partial charge is 0.261 e. The van der Waals surface area contributed by atoms with E-state index in [2.05, 4.69) is 10.5 Å². The summed E-state index contributed by atoms with van der Waals surface area (Å²) in [5.41, 5.74) is 1.93. The zero-order valence-electron chi connectivity index (χ0n) is 10.1. The molecule has 0 aliphatic heterocycles. The molecule has 2 rings (SSSR count). The number of carbonyl (C=O) groups is 1. The van der Waals surface area contributed by atoms with Crippen molar-refractivity contribution in [2.24, 2.45) is 0 Å². The Bertz CT molecular complexity index is 543. The molecule has 2 aromatic heterocycles. The Morgan fingerprint density at radius 2 is 2.28 bits per heavy atom. The van der Waals surface area contributed by atoms with Gasteiger partial charge in [0, 0.05) is 12.1 Å². The maximum Gasteiger partial charge on any atom is 0.261 e. The average Bonchev–Trinajstić information content (AvgIpc) is 2.89. The number of hydrogen-bond acceptors (Lipinski definition) is 4. The van der Waals surface area contributed by atoms with E-state index in [0.29, 0.717) is 22.2 Å². The van der Waals surface area contributed by atoms with Crippen molar-refractivity contribution in [1.82, 2.24) is 10.5 Å². The molecule has 0 atom stereocenters. The zero-order chi connectivity index (χ0) is 13.1. The predicted octanol–water partition coefficient (Wildman–Crippen LogP) is 2.98. The van der Waals surface area contributed by atoms with Gasteiger partial charge in [0.15, 0.2) is 0 Å². The van der Waals surface area contributed by atoms with E-state index in [9.17, 15) is 4.79 Å². The number of aryl methyl sites for hydroxylation is 2. The first-order valence-corrected chi connectivity index (χ1v) is 6.72. The van der Waals surface area contributed by atoms with Crippen LogP contribution in [0.25, 0.3) is 0 Å². The third-order valence-electron chi connectivity index (χ3n) is 2.64. The third kappa shape index (κ3) is 2.91. The van der Waals surface area contributed by atoms with Crippen molar-refractivity contribution in [2.45, 2.75) is 20.3 Å².